The van der Waals surface area contributed by atoms with E-state index in [2.05, 4.69) is 16.9 Å². The lowest BCUT2D eigenvalue weighted by molar-refractivity contribution is 0.260. The largest absolute Gasteiger partial charge is 0.346 e. The van der Waals surface area contributed by atoms with Crippen LogP contribution in [-0.2, 0) is 0 Å². The molecule has 3 nitrogen and oxygen atoms in total. The molecule has 0 saturated carbocycles. The highest BCUT2D eigenvalue weighted by molar-refractivity contribution is 5.93. The van der Waals surface area contributed by atoms with Crippen molar-refractivity contribution >= 4 is 18.3 Å². The van der Waals surface area contributed by atoms with Crippen LogP contribution in [0.1, 0.15) is 5.56 Å². The summed E-state index contributed by atoms with van der Waals surface area (Å²) in [6.07, 6.45) is 0. The minimum Gasteiger partial charge on any atom is -0.304 e. The Bertz CT molecular complexity index is 462. The molecule has 0 atom stereocenters. The molecular formula is C9H8N2O. The summed E-state index contributed by atoms with van der Waals surface area (Å²) in [6.45, 7) is 5.78. The zero-order valence-corrected chi connectivity index (χ0v) is 6.72. The summed E-state index contributed by atoms with van der Waals surface area (Å²) >= 11 is 0. The molecule has 60 valence electrons. The average Bonchev–Trinajstić information content (AvgIpc) is 2.30. The minimum absolute atomic E-state index is 0.296. The standard InChI is InChI=1S/C9H8N2O/c1-5-3-7-8(4-6(5)2)11-9(12)10-7/h3-4H,1H2,2H3,(H,10,12). The van der Waals surface area contributed by atoms with E-state index in [0.29, 0.717) is 5.36 Å². The number of rotatable bonds is 0. The normalized spacial score (nSPS) is 13.6. The molecule has 1 aliphatic heterocycles. The Balaban J connectivity index is 2.80. The molecule has 0 spiro atoms. The van der Waals surface area contributed by atoms with Gasteiger partial charge in [-0.1, -0.05) is 6.58 Å². The van der Waals surface area contributed by atoms with Gasteiger partial charge in [-0.3, -0.25) is 0 Å². The van der Waals surface area contributed by atoms with Crippen LogP contribution in [0.2, 0.25) is 0 Å². The fraction of sp³-hybridized carbons (Fsp3) is 0.111. The highest BCUT2D eigenvalue weighted by Gasteiger charge is 2.10. The minimum atomic E-state index is -0.296. The second kappa shape index (κ2) is 2.17. The molecule has 0 bridgehead atoms. The Kier molecular flexibility index (Phi) is 1.27. The molecule has 0 fully saturated rings. The number of carbonyl (C=O) groups is 1. The van der Waals surface area contributed by atoms with Crippen molar-refractivity contribution in [2.24, 2.45) is 4.99 Å². The van der Waals surface area contributed by atoms with Crippen molar-refractivity contribution in [2.45, 2.75) is 6.92 Å². The lowest BCUT2D eigenvalue weighted by Crippen LogP contribution is -2.12. The summed E-state index contributed by atoms with van der Waals surface area (Å²) < 4.78 is 0. The van der Waals surface area contributed by atoms with E-state index in [1.54, 1.807) is 0 Å². The summed E-state index contributed by atoms with van der Waals surface area (Å²) in [7, 11) is 0. The van der Waals surface area contributed by atoms with Gasteiger partial charge in [-0.15, -0.1) is 0 Å². The maximum Gasteiger partial charge on any atom is 0.346 e. The highest BCUT2D eigenvalue weighted by Crippen LogP contribution is 2.02. The van der Waals surface area contributed by atoms with Gasteiger partial charge in [-0.2, -0.15) is 4.99 Å². The number of nitrogens with zero attached hydrogens (tertiary/aromatic N) is 1. The van der Waals surface area contributed by atoms with E-state index in [1.807, 2.05) is 19.1 Å². The first-order valence-corrected chi connectivity index (χ1v) is 3.66. The Hall–Kier alpha value is -1.64. The summed E-state index contributed by atoms with van der Waals surface area (Å²) in [5, 5.41) is 4.26. The van der Waals surface area contributed by atoms with Crippen molar-refractivity contribution in [3.05, 3.63) is 28.3 Å². The van der Waals surface area contributed by atoms with E-state index in [0.717, 1.165) is 16.5 Å². The molecule has 0 unspecified atom stereocenters. The van der Waals surface area contributed by atoms with Crippen molar-refractivity contribution in [1.82, 2.24) is 0 Å². The molecule has 1 heterocycles. The Morgan fingerprint density at radius 1 is 1.50 bits per heavy atom. The quantitative estimate of drug-likeness (QED) is 0.592. The number of fused-ring (bicyclic) bond motifs is 1. The molecule has 0 radical (unpaired) electrons. The van der Waals surface area contributed by atoms with Crippen LogP contribution < -0.4 is 15.9 Å². The fourth-order valence-electron chi connectivity index (χ4n) is 1.18. The van der Waals surface area contributed by atoms with Gasteiger partial charge in [0.25, 0.3) is 0 Å². The average molecular weight is 160 g/mol. The molecule has 1 aliphatic rings. The van der Waals surface area contributed by atoms with Gasteiger partial charge >= 0.3 is 6.03 Å². The van der Waals surface area contributed by atoms with Gasteiger partial charge in [0, 0.05) is 0 Å². The number of hydrogen-bond donors (Lipinski definition) is 1. The van der Waals surface area contributed by atoms with Crippen molar-refractivity contribution in [3.63, 3.8) is 0 Å². The molecule has 2 rings (SSSR count). The molecule has 1 aromatic carbocycles. The topological polar surface area (TPSA) is 41.5 Å². The summed E-state index contributed by atoms with van der Waals surface area (Å²) in [6, 6.07) is 3.39. The van der Waals surface area contributed by atoms with Crippen molar-refractivity contribution in [1.29, 1.82) is 0 Å². The van der Waals surface area contributed by atoms with Crippen LogP contribution in [0.25, 0.3) is 6.58 Å². The Labute approximate surface area is 69.4 Å². The lowest BCUT2D eigenvalue weighted by Gasteiger charge is -1.95. The summed E-state index contributed by atoms with van der Waals surface area (Å²) in [5.74, 6) is 0. The van der Waals surface area contributed by atoms with Crippen LogP contribution in [0.4, 0.5) is 10.5 Å². The molecule has 0 aromatic heterocycles. The number of amides is 2. The molecule has 1 N–H and O–H groups in total. The maximum absolute atomic E-state index is 10.8. The van der Waals surface area contributed by atoms with E-state index in [1.165, 1.54) is 0 Å². The first-order valence-electron chi connectivity index (χ1n) is 3.66. The van der Waals surface area contributed by atoms with Crippen LogP contribution in [-0.4, -0.2) is 6.03 Å². The highest BCUT2D eigenvalue weighted by atomic mass is 16.2. The maximum atomic E-state index is 10.8. The number of hydrogen-bond acceptors (Lipinski definition) is 1. The molecule has 1 aromatic rings. The number of carbonyl (C=O) groups excluding carboxylic acids is 1. The molecule has 0 saturated heterocycles. The monoisotopic (exact) mass is 160 g/mol. The second-order valence-electron chi connectivity index (χ2n) is 2.84. The first-order chi connectivity index (χ1) is 5.66. The fourth-order valence-corrected chi connectivity index (χ4v) is 1.18. The van der Waals surface area contributed by atoms with E-state index < -0.39 is 0 Å². The number of aryl methyl sites for hydroxylation is 1. The van der Waals surface area contributed by atoms with E-state index in [-0.39, 0.29) is 6.03 Å². The Morgan fingerprint density at radius 3 is 3.00 bits per heavy atom. The van der Waals surface area contributed by atoms with Crippen molar-refractivity contribution < 1.29 is 4.79 Å². The van der Waals surface area contributed by atoms with E-state index in [9.17, 15) is 4.79 Å². The zero-order chi connectivity index (χ0) is 8.72. The number of urea groups is 1. The van der Waals surface area contributed by atoms with E-state index >= 15 is 0 Å². The third-order valence-electron chi connectivity index (χ3n) is 1.92. The van der Waals surface area contributed by atoms with Gasteiger partial charge in [0.2, 0.25) is 0 Å². The predicted molar refractivity (Wildman–Crippen MR) is 46.5 cm³/mol. The van der Waals surface area contributed by atoms with E-state index in [4.69, 9.17) is 0 Å². The van der Waals surface area contributed by atoms with Crippen LogP contribution in [0.15, 0.2) is 17.1 Å². The number of nitrogens with one attached hydrogen (secondary N) is 1. The number of benzene rings is 1. The molecule has 3 heteroatoms. The van der Waals surface area contributed by atoms with Crippen LogP contribution in [0.3, 0.4) is 0 Å². The van der Waals surface area contributed by atoms with Gasteiger partial charge in [-0.05, 0) is 29.8 Å². The number of anilines is 1. The van der Waals surface area contributed by atoms with Gasteiger partial charge in [-0.25, -0.2) is 4.79 Å². The van der Waals surface area contributed by atoms with Crippen molar-refractivity contribution in [3.8, 4) is 0 Å². The van der Waals surface area contributed by atoms with Crippen LogP contribution in [0.5, 0.6) is 0 Å². The summed E-state index contributed by atoms with van der Waals surface area (Å²) in [4.78, 5) is 14.6. The second-order valence-corrected chi connectivity index (χ2v) is 2.84. The van der Waals surface area contributed by atoms with Gasteiger partial charge < -0.3 is 5.32 Å². The zero-order valence-electron chi connectivity index (χ0n) is 6.72. The van der Waals surface area contributed by atoms with Crippen molar-refractivity contribution in [2.75, 3.05) is 5.32 Å². The molecule has 0 aliphatic carbocycles. The third kappa shape index (κ3) is 0.906. The van der Waals surface area contributed by atoms with Gasteiger partial charge in [0.05, 0.1) is 11.0 Å². The Morgan fingerprint density at radius 2 is 2.25 bits per heavy atom. The van der Waals surface area contributed by atoms with Crippen LogP contribution in [0, 0.1) is 6.92 Å². The van der Waals surface area contributed by atoms with Gasteiger partial charge in [0.1, 0.15) is 0 Å². The summed E-state index contributed by atoms with van der Waals surface area (Å²) in [5.41, 5.74) is 1.81. The molecular weight excluding hydrogens is 152 g/mol. The van der Waals surface area contributed by atoms with Gasteiger partial charge in [0.15, 0.2) is 0 Å². The first kappa shape index (κ1) is 7.03. The third-order valence-corrected chi connectivity index (χ3v) is 1.92. The smallest absolute Gasteiger partial charge is 0.304 e. The molecule has 2 amide bonds. The van der Waals surface area contributed by atoms with Crippen LogP contribution >= 0.6 is 0 Å². The SMILES string of the molecule is C=c1cc2c(cc1C)=NC(=O)N2. The predicted octanol–water partition coefficient (Wildman–Crippen LogP) is 0.570. The molecule has 12 heavy (non-hydrogen) atoms. The lowest BCUT2D eigenvalue weighted by atomic mass is 10.2.